The summed E-state index contributed by atoms with van der Waals surface area (Å²) in [6, 6.07) is 0. The van der Waals surface area contributed by atoms with Crippen LogP contribution in [0.15, 0.2) is 12.2 Å². The fraction of sp³-hybridized carbons (Fsp3) is 0.625. The Hall–Kier alpha value is -0.910. The third-order valence-electron chi connectivity index (χ3n) is 2.06. The second-order valence-electron chi connectivity index (χ2n) is 2.91. The Morgan fingerprint density at radius 3 is 2.38 bits per heavy atom. The molecule has 0 spiro atoms. The van der Waals surface area contributed by atoms with Crippen molar-refractivity contribution >= 4 is 5.97 Å². The molecule has 0 saturated carbocycles. The first-order chi connectivity index (χ1) is 6.07. The predicted molar refractivity (Wildman–Crippen MR) is 42.7 cm³/mol. The molecule has 0 aliphatic heterocycles. The fourth-order valence-electron chi connectivity index (χ4n) is 1.23. The molecule has 74 valence electrons. The lowest BCUT2D eigenvalue weighted by atomic mass is 9.89. The smallest absolute Gasteiger partial charge is 0.315 e. The number of carbonyl (C=O) groups excluding carboxylic acids is 1. The zero-order chi connectivity index (χ0) is 10.0. The Balaban J connectivity index is 2.78. The van der Waals surface area contributed by atoms with Crippen molar-refractivity contribution in [2.24, 2.45) is 5.92 Å². The zero-order valence-electron chi connectivity index (χ0n) is 7.12. The topological polar surface area (TPSA) is 87.0 Å². The Kier molecular flexibility index (Phi) is 3.02. The summed E-state index contributed by atoms with van der Waals surface area (Å²) in [6.07, 6.45) is -1.19. The van der Waals surface area contributed by atoms with Crippen molar-refractivity contribution in [1.82, 2.24) is 0 Å². The van der Waals surface area contributed by atoms with Gasteiger partial charge in [-0.1, -0.05) is 12.2 Å². The average molecular weight is 188 g/mol. The standard InChI is InChI=1S/C8H12O5/c1-13-8(12)4-2-3-5(9)7(11)6(4)10/h2-7,9-11H,1H3/t4-,5-,6+,7+/m0/s1. The molecule has 0 aromatic heterocycles. The van der Waals surface area contributed by atoms with E-state index < -0.39 is 30.2 Å². The maximum Gasteiger partial charge on any atom is 0.315 e. The molecule has 1 aliphatic rings. The first-order valence-electron chi connectivity index (χ1n) is 3.88. The molecule has 0 bridgehead atoms. The van der Waals surface area contributed by atoms with Gasteiger partial charge in [-0.25, -0.2) is 0 Å². The largest absolute Gasteiger partial charge is 0.468 e. The summed E-state index contributed by atoms with van der Waals surface area (Å²) in [6.45, 7) is 0. The zero-order valence-corrected chi connectivity index (χ0v) is 7.12. The maximum atomic E-state index is 11.0. The number of aliphatic hydroxyl groups excluding tert-OH is 3. The van der Waals surface area contributed by atoms with Crippen LogP contribution in [0.3, 0.4) is 0 Å². The van der Waals surface area contributed by atoms with Crippen molar-refractivity contribution in [3.63, 3.8) is 0 Å². The highest BCUT2D eigenvalue weighted by molar-refractivity contribution is 5.75. The van der Waals surface area contributed by atoms with Gasteiger partial charge in [0.05, 0.1) is 13.2 Å². The van der Waals surface area contributed by atoms with Crippen molar-refractivity contribution in [3.8, 4) is 0 Å². The van der Waals surface area contributed by atoms with Gasteiger partial charge < -0.3 is 20.1 Å². The van der Waals surface area contributed by atoms with E-state index in [9.17, 15) is 15.0 Å². The van der Waals surface area contributed by atoms with Crippen molar-refractivity contribution in [3.05, 3.63) is 12.2 Å². The van der Waals surface area contributed by atoms with Crippen molar-refractivity contribution in [1.29, 1.82) is 0 Å². The highest BCUT2D eigenvalue weighted by Gasteiger charge is 2.37. The number of methoxy groups -OCH3 is 1. The van der Waals surface area contributed by atoms with Gasteiger partial charge in [0.15, 0.2) is 0 Å². The molecule has 5 nitrogen and oxygen atoms in total. The summed E-state index contributed by atoms with van der Waals surface area (Å²) < 4.78 is 4.40. The predicted octanol–water partition coefficient (Wildman–Crippen LogP) is -1.57. The van der Waals surface area contributed by atoms with Gasteiger partial charge in [0.25, 0.3) is 0 Å². The summed E-state index contributed by atoms with van der Waals surface area (Å²) in [5, 5.41) is 27.6. The molecule has 0 heterocycles. The summed E-state index contributed by atoms with van der Waals surface area (Å²) >= 11 is 0. The van der Waals surface area contributed by atoms with Crippen LogP contribution in [0.4, 0.5) is 0 Å². The lowest BCUT2D eigenvalue weighted by molar-refractivity contribution is -0.152. The average Bonchev–Trinajstić information content (AvgIpc) is 2.13. The third-order valence-corrected chi connectivity index (χ3v) is 2.06. The van der Waals surface area contributed by atoms with Gasteiger partial charge >= 0.3 is 5.97 Å². The van der Waals surface area contributed by atoms with Crippen molar-refractivity contribution in [2.75, 3.05) is 7.11 Å². The molecule has 13 heavy (non-hydrogen) atoms. The van der Waals surface area contributed by atoms with E-state index in [1.807, 2.05) is 0 Å². The van der Waals surface area contributed by atoms with Crippen LogP contribution >= 0.6 is 0 Å². The van der Waals surface area contributed by atoms with Crippen LogP contribution < -0.4 is 0 Å². The van der Waals surface area contributed by atoms with Crippen LogP contribution in [0.2, 0.25) is 0 Å². The number of rotatable bonds is 1. The summed E-state index contributed by atoms with van der Waals surface area (Å²) in [5.74, 6) is -1.53. The van der Waals surface area contributed by atoms with Crippen LogP contribution in [-0.4, -0.2) is 46.7 Å². The molecule has 0 fully saturated rings. The highest BCUT2D eigenvalue weighted by Crippen LogP contribution is 2.20. The molecule has 0 aromatic rings. The summed E-state index contributed by atoms with van der Waals surface area (Å²) in [5.41, 5.74) is 0. The minimum absolute atomic E-state index is 0.630. The van der Waals surface area contributed by atoms with Crippen molar-refractivity contribution in [2.45, 2.75) is 18.3 Å². The molecule has 5 heteroatoms. The van der Waals surface area contributed by atoms with Gasteiger partial charge in [0, 0.05) is 0 Å². The maximum absolute atomic E-state index is 11.0. The molecule has 0 aromatic carbocycles. The first kappa shape index (κ1) is 10.2. The molecule has 1 aliphatic carbocycles. The highest BCUT2D eigenvalue weighted by atomic mass is 16.5. The van der Waals surface area contributed by atoms with Gasteiger partial charge in [0.1, 0.15) is 18.1 Å². The third kappa shape index (κ3) is 1.88. The molecular weight excluding hydrogens is 176 g/mol. The minimum Gasteiger partial charge on any atom is -0.468 e. The van der Waals surface area contributed by atoms with E-state index in [-0.39, 0.29) is 0 Å². The van der Waals surface area contributed by atoms with Crippen LogP contribution in [0, 0.1) is 5.92 Å². The Morgan fingerprint density at radius 1 is 1.23 bits per heavy atom. The normalized spacial score (nSPS) is 38.8. The molecular formula is C8H12O5. The van der Waals surface area contributed by atoms with Crippen LogP contribution in [0.1, 0.15) is 0 Å². The second-order valence-corrected chi connectivity index (χ2v) is 2.91. The van der Waals surface area contributed by atoms with Crippen LogP contribution in [0.25, 0.3) is 0 Å². The number of carbonyl (C=O) groups is 1. The molecule has 3 N–H and O–H groups in total. The van der Waals surface area contributed by atoms with Gasteiger partial charge in [-0.05, 0) is 0 Å². The van der Waals surface area contributed by atoms with E-state index in [0.717, 1.165) is 0 Å². The van der Waals surface area contributed by atoms with E-state index in [1.165, 1.54) is 19.3 Å². The molecule has 0 radical (unpaired) electrons. The van der Waals surface area contributed by atoms with Gasteiger partial charge in [-0.3, -0.25) is 4.79 Å². The molecule has 1 rings (SSSR count). The SMILES string of the molecule is COC(=O)[C@H]1C=C[C@H](O)[C@@H](O)[C@@H]1O. The van der Waals surface area contributed by atoms with E-state index in [1.54, 1.807) is 0 Å². The van der Waals surface area contributed by atoms with Crippen LogP contribution in [-0.2, 0) is 9.53 Å². The lowest BCUT2D eigenvalue weighted by Crippen LogP contribution is -2.46. The quantitative estimate of drug-likeness (QED) is 0.342. The van der Waals surface area contributed by atoms with Crippen LogP contribution in [0.5, 0.6) is 0 Å². The van der Waals surface area contributed by atoms with E-state index in [0.29, 0.717) is 0 Å². The Morgan fingerprint density at radius 2 is 1.85 bits per heavy atom. The first-order valence-corrected chi connectivity index (χ1v) is 3.88. The number of hydrogen-bond acceptors (Lipinski definition) is 5. The van der Waals surface area contributed by atoms with E-state index in [4.69, 9.17) is 5.11 Å². The number of ether oxygens (including phenoxy) is 1. The molecule has 0 amide bonds. The van der Waals surface area contributed by atoms with E-state index in [2.05, 4.69) is 4.74 Å². The molecule has 4 atom stereocenters. The fourth-order valence-corrected chi connectivity index (χ4v) is 1.23. The lowest BCUT2D eigenvalue weighted by Gasteiger charge is -2.28. The van der Waals surface area contributed by atoms with Crippen molar-refractivity contribution < 1.29 is 24.9 Å². The number of aliphatic hydroxyl groups is 3. The minimum atomic E-state index is -1.34. The number of esters is 1. The molecule has 0 unspecified atom stereocenters. The van der Waals surface area contributed by atoms with Gasteiger partial charge in [0.2, 0.25) is 0 Å². The molecule has 0 saturated heterocycles. The van der Waals surface area contributed by atoms with Gasteiger partial charge in [-0.15, -0.1) is 0 Å². The Bertz CT molecular complexity index is 225. The van der Waals surface area contributed by atoms with Gasteiger partial charge in [-0.2, -0.15) is 0 Å². The number of hydrogen-bond donors (Lipinski definition) is 3. The Labute approximate surface area is 75.3 Å². The summed E-state index contributed by atoms with van der Waals surface area (Å²) in [4.78, 5) is 11.0. The monoisotopic (exact) mass is 188 g/mol. The summed E-state index contributed by atoms with van der Waals surface area (Å²) in [7, 11) is 1.19. The second kappa shape index (κ2) is 3.87. The van der Waals surface area contributed by atoms with E-state index >= 15 is 0 Å².